The first-order valence-electron chi connectivity index (χ1n) is 6.35. The van der Waals surface area contributed by atoms with Crippen molar-refractivity contribution in [1.82, 2.24) is 19.5 Å². The van der Waals surface area contributed by atoms with Crippen LogP contribution in [0.2, 0.25) is 0 Å². The number of aryl methyl sites for hydroxylation is 1. The average Bonchev–Trinajstić information content (AvgIpc) is 2.73. The normalized spacial score (nSPS) is 17.7. The first-order valence-corrected chi connectivity index (χ1v) is 6.35. The van der Waals surface area contributed by atoms with E-state index >= 15 is 0 Å². The summed E-state index contributed by atoms with van der Waals surface area (Å²) >= 11 is 0. The second-order valence-electron chi connectivity index (χ2n) is 4.89. The van der Waals surface area contributed by atoms with E-state index in [0.29, 0.717) is 0 Å². The highest BCUT2D eigenvalue weighted by Crippen LogP contribution is 2.13. The number of piperidine rings is 1. The lowest BCUT2D eigenvalue weighted by Crippen LogP contribution is -2.29. The molecule has 0 unspecified atom stereocenters. The van der Waals surface area contributed by atoms with Crippen LogP contribution in [0.3, 0.4) is 0 Å². The standard InChI is InChI=1S/C13H18N4/c1-11-5-6-12-14-15-13(17(12)9-11)10-16-7-3-2-4-8-16/h5-6,9H,2-4,7-8,10H2,1H3. The molecule has 90 valence electrons. The van der Waals surface area contributed by atoms with Crippen molar-refractivity contribution in [3.05, 3.63) is 29.7 Å². The van der Waals surface area contributed by atoms with E-state index < -0.39 is 0 Å². The monoisotopic (exact) mass is 230 g/mol. The third kappa shape index (κ3) is 2.17. The third-order valence-electron chi connectivity index (χ3n) is 3.43. The summed E-state index contributed by atoms with van der Waals surface area (Å²) in [5, 5.41) is 8.51. The molecule has 0 radical (unpaired) electrons. The van der Waals surface area contributed by atoms with E-state index in [0.717, 1.165) is 18.0 Å². The maximum atomic E-state index is 4.30. The van der Waals surface area contributed by atoms with Gasteiger partial charge in [-0.1, -0.05) is 12.5 Å². The van der Waals surface area contributed by atoms with Crippen LogP contribution in [0.15, 0.2) is 18.3 Å². The zero-order valence-electron chi connectivity index (χ0n) is 10.3. The molecule has 0 spiro atoms. The quantitative estimate of drug-likeness (QED) is 0.791. The van der Waals surface area contributed by atoms with E-state index in [4.69, 9.17) is 0 Å². The van der Waals surface area contributed by atoms with Crippen LogP contribution in [0.1, 0.15) is 30.7 Å². The molecule has 0 N–H and O–H groups in total. The number of fused-ring (bicyclic) bond motifs is 1. The number of likely N-dealkylation sites (tertiary alicyclic amines) is 1. The van der Waals surface area contributed by atoms with Crippen molar-refractivity contribution in [3.8, 4) is 0 Å². The number of hydrogen-bond donors (Lipinski definition) is 0. The molecular formula is C13H18N4. The highest BCUT2D eigenvalue weighted by atomic mass is 15.3. The van der Waals surface area contributed by atoms with Gasteiger partial charge in [0, 0.05) is 6.20 Å². The molecule has 2 aromatic rings. The maximum absolute atomic E-state index is 4.30. The van der Waals surface area contributed by atoms with Crippen molar-refractivity contribution in [2.45, 2.75) is 32.7 Å². The van der Waals surface area contributed by atoms with E-state index in [1.54, 1.807) is 0 Å². The van der Waals surface area contributed by atoms with Gasteiger partial charge in [0.05, 0.1) is 6.54 Å². The van der Waals surface area contributed by atoms with Crippen molar-refractivity contribution in [1.29, 1.82) is 0 Å². The largest absolute Gasteiger partial charge is 0.296 e. The predicted molar refractivity (Wildman–Crippen MR) is 66.9 cm³/mol. The number of pyridine rings is 1. The Kier molecular flexibility index (Phi) is 2.81. The Morgan fingerprint density at radius 2 is 1.94 bits per heavy atom. The molecule has 1 fully saturated rings. The molecule has 4 nitrogen and oxygen atoms in total. The lowest BCUT2D eigenvalue weighted by molar-refractivity contribution is 0.215. The first kappa shape index (κ1) is 10.7. The fraction of sp³-hybridized carbons (Fsp3) is 0.538. The Labute approximate surface area is 101 Å². The smallest absolute Gasteiger partial charge is 0.160 e. The lowest BCUT2D eigenvalue weighted by Gasteiger charge is -2.25. The summed E-state index contributed by atoms with van der Waals surface area (Å²) in [7, 11) is 0. The molecule has 1 aliphatic rings. The van der Waals surface area contributed by atoms with Gasteiger partial charge in [0.15, 0.2) is 11.5 Å². The van der Waals surface area contributed by atoms with E-state index in [1.165, 1.54) is 37.9 Å². The van der Waals surface area contributed by atoms with Crippen LogP contribution in [0, 0.1) is 6.92 Å². The van der Waals surface area contributed by atoms with Gasteiger partial charge >= 0.3 is 0 Å². The Morgan fingerprint density at radius 3 is 2.76 bits per heavy atom. The van der Waals surface area contributed by atoms with Gasteiger partial charge in [-0.3, -0.25) is 9.30 Å². The fourth-order valence-electron chi connectivity index (χ4n) is 2.47. The van der Waals surface area contributed by atoms with Gasteiger partial charge in [-0.25, -0.2) is 0 Å². The van der Waals surface area contributed by atoms with Gasteiger partial charge in [0.25, 0.3) is 0 Å². The second-order valence-corrected chi connectivity index (χ2v) is 4.89. The third-order valence-corrected chi connectivity index (χ3v) is 3.43. The highest BCUT2D eigenvalue weighted by Gasteiger charge is 2.13. The van der Waals surface area contributed by atoms with Gasteiger partial charge in [-0.05, 0) is 44.5 Å². The van der Waals surface area contributed by atoms with Crippen LogP contribution in [0.4, 0.5) is 0 Å². The minimum Gasteiger partial charge on any atom is -0.296 e. The van der Waals surface area contributed by atoms with E-state index in [9.17, 15) is 0 Å². The van der Waals surface area contributed by atoms with Gasteiger partial charge in [-0.15, -0.1) is 10.2 Å². The SMILES string of the molecule is Cc1ccc2nnc(CN3CCCCC3)n2c1. The van der Waals surface area contributed by atoms with Crippen LogP contribution in [0.25, 0.3) is 5.65 Å². The maximum Gasteiger partial charge on any atom is 0.160 e. The van der Waals surface area contributed by atoms with E-state index in [-0.39, 0.29) is 0 Å². The number of rotatable bonds is 2. The minimum atomic E-state index is 0.921. The van der Waals surface area contributed by atoms with Gasteiger partial charge in [0.2, 0.25) is 0 Å². The average molecular weight is 230 g/mol. The van der Waals surface area contributed by atoms with Crippen molar-refractivity contribution >= 4 is 5.65 Å². The Bertz CT molecular complexity index is 511. The minimum absolute atomic E-state index is 0.921. The summed E-state index contributed by atoms with van der Waals surface area (Å²) in [6, 6.07) is 4.11. The molecule has 17 heavy (non-hydrogen) atoms. The molecule has 1 aliphatic heterocycles. The highest BCUT2D eigenvalue weighted by molar-refractivity contribution is 5.39. The summed E-state index contributed by atoms with van der Waals surface area (Å²) < 4.78 is 2.12. The molecular weight excluding hydrogens is 212 g/mol. The predicted octanol–water partition coefficient (Wildman–Crippen LogP) is 2.02. The molecule has 1 saturated heterocycles. The molecule has 0 atom stereocenters. The summed E-state index contributed by atoms with van der Waals surface area (Å²) in [5.74, 6) is 1.06. The number of nitrogens with zero attached hydrogens (tertiary/aromatic N) is 4. The first-order chi connectivity index (χ1) is 8.33. The van der Waals surface area contributed by atoms with Crippen LogP contribution in [0.5, 0.6) is 0 Å². The lowest BCUT2D eigenvalue weighted by atomic mass is 10.1. The molecule has 0 bridgehead atoms. The zero-order valence-corrected chi connectivity index (χ0v) is 10.3. The summed E-state index contributed by atoms with van der Waals surface area (Å²) in [6.07, 6.45) is 6.12. The summed E-state index contributed by atoms with van der Waals surface area (Å²) in [4.78, 5) is 2.47. The van der Waals surface area contributed by atoms with Crippen LogP contribution in [-0.2, 0) is 6.54 Å². The fourth-order valence-corrected chi connectivity index (χ4v) is 2.47. The Balaban J connectivity index is 1.86. The van der Waals surface area contributed by atoms with E-state index in [2.05, 4.69) is 38.7 Å². The topological polar surface area (TPSA) is 33.4 Å². The molecule has 0 amide bonds. The van der Waals surface area contributed by atoms with Crippen molar-refractivity contribution in [2.24, 2.45) is 0 Å². The van der Waals surface area contributed by atoms with Crippen molar-refractivity contribution in [2.75, 3.05) is 13.1 Å². The molecule has 4 heteroatoms. The number of aromatic nitrogens is 3. The Hall–Kier alpha value is -1.42. The molecule has 0 aromatic carbocycles. The van der Waals surface area contributed by atoms with Crippen LogP contribution >= 0.6 is 0 Å². The molecule has 0 saturated carbocycles. The zero-order chi connectivity index (χ0) is 11.7. The van der Waals surface area contributed by atoms with E-state index in [1.807, 2.05) is 6.07 Å². The molecule has 0 aliphatic carbocycles. The van der Waals surface area contributed by atoms with Gasteiger partial charge in [-0.2, -0.15) is 0 Å². The van der Waals surface area contributed by atoms with Crippen molar-refractivity contribution < 1.29 is 0 Å². The van der Waals surface area contributed by atoms with Gasteiger partial charge in [0.1, 0.15) is 0 Å². The number of hydrogen-bond acceptors (Lipinski definition) is 3. The van der Waals surface area contributed by atoms with Crippen molar-refractivity contribution in [3.63, 3.8) is 0 Å². The molecule has 3 heterocycles. The Morgan fingerprint density at radius 1 is 1.12 bits per heavy atom. The molecule has 2 aromatic heterocycles. The second kappa shape index (κ2) is 4.45. The van der Waals surface area contributed by atoms with Crippen LogP contribution in [-0.4, -0.2) is 32.6 Å². The van der Waals surface area contributed by atoms with Crippen LogP contribution < -0.4 is 0 Å². The summed E-state index contributed by atoms with van der Waals surface area (Å²) in [5.41, 5.74) is 2.19. The van der Waals surface area contributed by atoms with Gasteiger partial charge < -0.3 is 0 Å². The summed E-state index contributed by atoms with van der Waals surface area (Å²) in [6.45, 7) is 5.41. The molecule has 3 rings (SSSR count).